The van der Waals surface area contributed by atoms with Crippen molar-refractivity contribution in [1.29, 1.82) is 0 Å². The predicted octanol–water partition coefficient (Wildman–Crippen LogP) is 1.25. The van der Waals surface area contributed by atoms with Crippen LogP contribution in [0.4, 0.5) is 10.2 Å². The number of nitrogen functional groups attached to an aromatic ring is 1. The second-order valence-electron chi connectivity index (χ2n) is 4.19. The molecule has 2 N–H and O–H groups in total. The van der Waals surface area contributed by atoms with E-state index >= 15 is 0 Å². The summed E-state index contributed by atoms with van der Waals surface area (Å²) in [6.07, 6.45) is 3.59. The number of rotatable bonds is 3. The summed E-state index contributed by atoms with van der Waals surface area (Å²) < 4.78 is 20.4. The lowest BCUT2D eigenvalue weighted by atomic mass is 9.77. The molecule has 1 aliphatic carbocycles. The van der Waals surface area contributed by atoms with Gasteiger partial charge in [-0.3, -0.25) is 4.68 Å². The fraction of sp³-hybridized carbons (Fsp3) is 0.700. The lowest BCUT2D eigenvalue weighted by Gasteiger charge is -2.40. The second-order valence-corrected chi connectivity index (χ2v) is 4.19. The Kier molecular flexibility index (Phi) is 2.42. The van der Waals surface area contributed by atoms with Crippen molar-refractivity contribution >= 4 is 5.82 Å². The van der Waals surface area contributed by atoms with Crippen LogP contribution in [0.3, 0.4) is 0 Å². The number of aromatic nitrogens is 2. The summed E-state index contributed by atoms with van der Waals surface area (Å²) in [7, 11) is 3.31. The van der Waals surface area contributed by atoms with E-state index in [-0.39, 0.29) is 11.4 Å². The van der Waals surface area contributed by atoms with Crippen LogP contribution < -0.4 is 5.73 Å². The minimum Gasteiger partial charge on any atom is -0.381 e. The van der Waals surface area contributed by atoms with E-state index in [9.17, 15) is 4.39 Å². The molecular formula is C10H16FN3O. The molecule has 1 aromatic heterocycles. The number of hydrogen-bond donors (Lipinski definition) is 1. The molecule has 0 atom stereocenters. The highest BCUT2D eigenvalue weighted by Crippen LogP contribution is 2.38. The molecule has 1 aliphatic rings. The van der Waals surface area contributed by atoms with Crippen molar-refractivity contribution in [2.24, 2.45) is 7.05 Å². The van der Waals surface area contributed by atoms with Gasteiger partial charge in [-0.2, -0.15) is 5.10 Å². The molecule has 0 aromatic carbocycles. The Balaban J connectivity index is 2.20. The summed E-state index contributed by atoms with van der Waals surface area (Å²) in [6, 6.07) is 0. The third kappa shape index (κ3) is 1.61. The molecule has 1 saturated carbocycles. The van der Waals surface area contributed by atoms with Crippen molar-refractivity contribution in [2.45, 2.75) is 31.3 Å². The van der Waals surface area contributed by atoms with Gasteiger partial charge in [0.2, 0.25) is 0 Å². The van der Waals surface area contributed by atoms with Gasteiger partial charge in [0.1, 0.15) is 5.69 Å². The van der Waals surface area contributed by atoms with Crippen molar-refractivity contribution in [2.75, 3.05) is 12.8 Å². The fourth-order valence-corrected chi connectivity index (χ4v) is 2.01. The van der Waals surface area contributed by atoms with Gasteiger partial charge in [0, 0.05) is 20.6 Å². The van der Waals surface area contributed by atoms with Crippen LogP contribution in [0.1, 0.15) is 25.0 Å². The Hall–Kier alpha value is -1.10. The Morgan fingerprint density at radius 1 is 1.60 bits per heavy atom. The van der Waals surface area contributed by atoms with E-state index in [1.165, 1.54) is 4.68 Å². The zero-order chi connectivity index (χ0) is 11.1. The highest BCUT2D eigenvalue weighted by Gasteiger charge is 2.39. The number of hydrogen-bond acceptors (Lipinski definition) is 3. The first-order chi connectivity index (χ1) is 7.08. The number of nitrogens with zero attached hydrogens (tertiary/aromatic N) is 2. The number of aryl methyl sites for hydroxylation is 1. The minimum absolute atomic E-state index is 0.0931. The zero-order valence-electron chi connectivity index (χ0n) is 9.09. The van der Waals surface area contributed by atoms with Crippen molar-refractivity contribution in [3.8, 4) is 0 Å². The van der Waals surface area contributed by atoms with Gasteiger partial charge < -0.3 is 10.5 Å². The fourth-order valence-electron chi connectivity index (χ4n) is 2.01. The average Bonchev–Trinajstić information content (AvgIpc) is 2.40. The van der Waals surface area contributed by atoms with Crippen LogP contribution >= 0.6 is 0 Å². The van der Waals surface area contributed by atoms with E-state index in [0.29, 0.717) is 12.1 Å². The number of methoxy groups -OCH3 is 1. The highest BCUT2D eigenvalue weighted by atomic mass is 19.1. The second kappa shape index (κ2) is 3.48. The molecule has 84 valence electrons. The van der Waals surface area contributed by atoms with Crippen LogP contribution in [0.25, 0.3) is 0 Å². The molecule has 1 aromatic rings. The van der Waals surface area contributed by atoms with E-state index in [1.54, 1.807) is 14.2 Å². The summed E-state index contributed by atoms with van der Waals surface area (Å²) in [5.74, 6) is -0.309. The van der Waals surface area contributed by atoms with Crippen LogP contribution in [0.2, 0.25) is 0 Å². The van der Waals surface area contributed by atoms with Crippen molar-refractivity contribution < 1.29 is 9.13 Å². The average molecular weight is 213 g/mol. The van der Waals surface area contributed by atoms with Crippen LogP contribution in [0.5, 0.6) is 0 Å². The predicted molar refractivity (Wildman–Crippen MR) is 54.9 cm³/mol. The van der Waals surface area contributed by atoms with Crippen LogP contribution in [-0.4, -0.2) is 22.5 Å². The summed E-state index contributed by atoms with van der Waals surface area (Å²) in [5.41, 5.74) is 5.71. The topological polar surface area (TPSA) is 53.1 Å². The molecule has 0 bridgehead atoms. The van der Waals surface area contributed by atoms with Crippen LogP contribution in [0.15, 0.2) is 0 Å². The summed E-state index contributed by atoms with van der Waals surface area (Å²) in [5, 5.41) is 4.06. The molecule has 15 heavy (non-hydrogen) atoms. The van der Waals surface area contributed by atoms with Crippen molar-refractivity contribution in [1.82, 2.24) is 9.78 Å². The lowest BCUT2D eigenvalue weighted by molar-refractivity contribution is -0.0719. The number of anilines is 1. The van der Waals surface area contributed by atoms with Gasteiger partial charge in [-0.15, -0.1) is 0 Å². The van der Waals surface area contributed by atoms with Gasteiger partial charge >= 0.3 is 0 Å². The zero-order valence-corrected chi connectivity index (χ0v) is 9.09. The maximum atomic E-state index is 13.6. The molecule has 1 fully saturated rings. The minimum atomic E-state index is -0.402. The molecule has 4 nitrogen and oxygen atoms in total. The van der Waals surface area contributed by atoms with Crippen LogP contribution in [0, 0.1) is 5.82 Å². The van der Waals surface area contributed by atoms with E-state index in [1.807, 2.05) is 0 Å². The maximum absolute atomic E-state index is 13.6. The maximum Gasteiger partial charge on any atom is 0.188 e. The molecule has 0 radical (unpaired) electrons. The van der Waals surface area contributed by atoms with E-state index in [2.05, 4.69) is 5.10 Å². The Morgan fingerprint density at radius 3 is 2.60 bits per heavy atom. The van der Waals surface area contributed by atoms with Gasteiger partial charge in [-0.05, 0) is 19.3 Å². The molecule has 5 heteroatoms. The third-order valence-electron chi connectivity index (χ3n) is 3.29. The summed E-state index contributed by atoms with van der Waals surface area (Å²) in [6.45, 7) is 0. The number of nitrogens with two attached hydrogens (primary N) is 1. The van der Waals surface area contributed by atoms with Gasteiger partial charge in [-0.25, -0.2) is 4.39 Å². The Morgan fingerprint density at radius 2 is 2.27 bits per heavy atom. The standard InChI is InChI=1S/C10H16FN3O/c1-14-9(12)8(11)7(13-14)6-10(15-2)4-3-5-10/h3-6,12H2,1-2H3. The van der Waals surface area contributed by atoms with Gasteiger partial charge in [0.25, 0.3) is 0 Å². The SMILES string of the molecule is COC1(Cc2nn(C)c(N)c2F)CCC1. The van der Waals surface area contributed by atoms with Crippen LogP contribution in [-0.2, 0) is 18.2 Å². The largest absolute Gasteiger partial charge is 0.381 e. The molecule has 1 heterocycles. The molecule has 0 saturated heterocycles. The van der Waals surface area contributed by atoms with Gasteiger partial charge in [-0.1, -0.05) is 0 Å². The van der Waals surface area contributed by atoms with E-state index in [4.69, 9.17) is 10.5 Å². The number of halogens is 1. The third-order valence-corrected chi connectivity index (χ3v) is 3.29. The molecule has 0 unspecified atom stereocenters. The number of ether oxygens (including phenoxy) is 1. The monoisotopic (exact) mass is 213 g/mol. The quantitative estimate of drug-likeness (QED) is 0.822. The highest BCUT2D eigenvalue weighted by molar-refractivity contribution is 5.34. The van der Waals surface area contributed by atoms with Crippen molar-refractivity contribution in [3.63, 3.8) is 0 Å². The summed E-state index contributed by atoms with van der Waals surface area (Å²) >= 11 is 0. The first-order valence-corrected chi connectivity index (χ1v) is 5.10. The summed E-state index contributed by atoms with van der Waals surface area (Å²) in [4.78, 5) is 0. The molecular weight excluding hydrogens is 197 g/mol. The molecule has 0 amide bonds. The van der Waals surface area contributed by atoms with Crippen molar-refractivity contribution in [3.05, 3.63) is 11.5 Å². The van der Waals surface area contributed by atoms with Gasteiger partial charge in [0.05, 0.1) is 5.60 Å². The smallest absolute Gasteiger partial charge is 0.188 e. The van der Waals surface area contributed by atoms with E-state index in [0.717, 1.165) is 19.3 Å². The molecule has 2 rings (SSSR count). The first-order valence-electron chi connectivity index (χ1n) is 5.10. The molecule has 0 spiro atoms. The van der Waals surface area contributed by atoms with Gasteiger partial charge in [0.15, 0.2) is 11.6 Å². The lowest BCUT2D eigenvalue weighted by Crippen LogP contribution is -2.41. The Labute approximate surface area is 88.2 Å². The Bertz CT molecular complexity index is 365. The van der Waals surface area contributed by atoms with E-state index < -0.39 is 5.82 Å². The molecule has 0 aliphatic heterocycles. The first kappa shape index (κ1) is 10.4. The normalized spacial score (nSPS) is 18.9.